The minimum absolute atomic E-state index is 0.0269. The number of hydrogen-bond acceptors (Lipinski definition) is 2. The lowest BCUT2D eigenvalue weighted by molar-refractivity contribution is 0.102. The van der Waals surface area contributed by atoms with Crippen LogP contribution in [-0.4, -0.2) is 16.1 Å². The normalized spacial score (nSPS) is 10.3. The Kier molecular flexibility index (Phi) is 2.91. The number of H-pyrrole nitrogens is 1. The highest BCUT2D eigenvalue weighted by Crippen LogP contribution is 2.14. The van der Waals surface area contributed by atoms with E-state index in [1.807, 2.05) is 0 Å². The second kappa shape index (κ2) is 4.37. The molecule has 1 aromatic heterocycles. The Balaban J connectivity index is 2.26. The molecular formula is C12H12FN3O. The van der Waals surface area contributed by atoms with E-state index in [4.69, 9.17) is 0 Å². The summed E-state index contributed by atoms with van der Waals surface area (Å²) in [5.74, 6) is -0.542. The third-order valence-corrected chi connectivity index (χ3v) is 2.43. The molecule has 4 nitrogen and oxygen atoms in total. The lowest BCUT2D eigenvalue weighted by Gasteiger charge is -2.05. The third kappa shape index (κ3) is 2.33. The summed E-state index contributed by atoms with van der Waals surface area (Å²) in [4.78, 5) is 11.8. The van der Waals surface area contributed by atoms with Gasteiger partial charge < -0.3 is 5.32 Å². The summed E-state index contributed by atoms with van der Waals surface area (Å²) in [7, 11) is 0. The number of nitrogens with zero attached hydrogens (tertiary/aromatic N) is 1. The molecule has 1 heterocycles. The zero-order valence-electron chi connectivity index (χ0n) is 9.54. The van der Waals surface area contributed by atoms with Crippen molar-refractivity contribution in [2.75, 3.05) is 5.32 Å². The molecule has 0 aliphatic rings. The van der Waals surface area contributed by atoms with Crippen molar-refractivity contribution < 1.29 is 9.18 Å². The van der Waals surface area contributed by atoms with Crippen molar-refractivity contribution in [1.82, 2.24) is 10.2 Å². The highest BCUT2D eigenvalue weighted by Gasteiger charge is 2.13. The van der Waals surface area contributed by atoms with E-state index in [0.717, 1.165) is 11.1 Å². The summed E-state index contributed by atoms with van der Waals surface area (Å²) >= 11 is 0. The van der Waals surface area contributed by atoms with Gasteiger partial charge in [-0.1, -0.05) is 11.6 Å². The van der Waals surface area contributed by atoms with Crippen LogP contribution in [0.15, 0.2) is 24.4 Å². The standard InChI is InChI=1S/C12H12FN3O/c1-7-3-4-10(13)9(5-7)12(17)15-11-8(2)6-14-16-11/h3-6H,1-2H3,(H2,14,15,16,17). The molecule has 2 N–H and O–H groups in total. The van der Waals surface area contributed by atoms with E-state index in [1.54, 1.807) is 26.1 Å². The smallest absolute Gasteiger partial charge is 0.259 e. The fraction of sp³-hybridized carbons (Fsp3) is 0.167. The second-order valence-corrected chi connectivity index (χ2v) is 3.87. The van der Waals surface area contributed by atoms with Crippen LogP contribution in [0.25, 0.3) is 0 Å². The number of nitrogens with one attached hydrogen (secondary N) is 2. The van der Waals surface area contributed by atoms with E-state index in [-0.39, 0.29) is 5.56 Å². The first kappa shape index (κ1) is 11.3. The van der Waals surface area contributed by atoms with Crippen molar-refractivity contribution in [2.45, 2.75) is 13.8 Å². The van der Waals surface area contributed by atoms with E-state index in [0.29, 0.717) is 5.82 Å². The number of carbonyl (C=O) groups is 1. The molecule has 88 valence electrons. The molecule has 0 radical (unpaired) electrons. The predicted octanol–water partition coefficient (Wildman–Crippen LogP) is 2.42. The number of rotatable bonds is 2. The molecule has 2 aromatic rings. The maximum absolute atomic E-state index is 13.5. The summed E-state index contributed by atoms with van der Waals surface area (Å²) in [6.45, 7) is 3.60. The first-order chi connectivity index (χ1) is 8.08. The van der Waals surface area contributed by atoms with Gasteiger partial charge in [0.2, 0.25) is 0 Å². The first-order valence-corrected chi connectivity index (χ1v) is 5.15. The van der Waals surface area contributed by atoms with Crippen LogP contribution in [0.5, 0.6) is 0 Å². The lowest BCUT2D eigenvalue weighted by Crippen LogP contribution is -2.14. The van der Waals surface area contributed by atoms with Crippen LogP contribution in [0.1, 0.15) is 21.5 Å². The molecule has 5 heteroatoms. The molecule has 1 amide bonds. The van der Waals surface area contributed by atoms with Crippen LogP contribution < -0.4 is 5.32 Å². The molecule has 0 atom stereocenters. The number of aryl methyl sites for hydroxylation is 2. The van der Waals surface area contributed by atoms with Gasteiger partial charge in [-0.25, -0.2) is 4.39 Å². The van der Waals surface area contributed by atoms with Gasteiger partial charge in [-0.3, -0.25) is 9.89 Å². The van der Waals surface area contributed by atoms with E-state index >= 15 is 0 Å². The van der Waals surface area contributed by atoms with E-state index in [9.17, 15) is 9.18 Å². The molecule has 2 rings (SSSR count). The van der Waals surface area contributed by atoms with Gasteiger partial charge in [0.1, 0.15) is 11.6 Å². The quantitative estimate of drug-likeness (QED) is 0.836. The molecule has 17 heavy (non-hydrogen) atoms. The van der Waals surface area contributed by atoms with Gasteiger partial charge in [0.05, 0.1) is 11.8 Å². The highest BCUT2D eigenvalue weighted by atomic mass is 19.1. The van der Waals surface area contributed by atoms with Crippen LogP contribution in [0.2, 0.25) is 0 Å². The summed E-state index contributed by atoms with van der Waals surface area (Å²) in [6, 6.07) is 4.41. The fourth-order valence-electron chi connectivity index (χ4n) is 1.47. The van der Waals surface area contributed by atoms with Crippen LogP contribution in [0, 0.1) is 19.7 Å². The summed E-state index contributed by atoms with van der Waals surface area (Å²) in [6.07, 6.45) is 1.59. The Labute approximate surface area is 97.9 Å². The average molecular weight is 233 g/mol. The minimum Gasteiger partial charge on any atom is -0.307 e. The number of amides is 1. The van der Waals surface area contributed by atoms with Gasteiger partial charge in [0.15, 0.2) is 0 Å². The van der Waals surface area contributed by atoms with Crippen LogP contribution in [0.4, 0.5) is 10.2 Å². The zero-order valence-corrected chi connectivity index (χ0v) is 9.54. The number of benzene rings is 1. The summed E-state index contributed by atoms with van der Waals surface area (Å²) in [5, 5.41) is 8.99. The Morgan fingerprint density at radius 3 is 2.82 bits per heavy atom. The van der Waals surface area contributed by atoms with Crippen molar-refractivity contribution in [3.63, 3.8) is 0 Å². The monoisotopic (exact) mass is 233 g/mol. The van der Waals surface area contributed by atoms with Gasteiger partial charge in [-0.05, 0) is 26.0 Å². The van der Waals surface area contributed by atoms with Gasteiger partial charge in [-0.15, -0.1) is 0 Å². The maximum Gasteiger partial charge on any atom is 0.259 e. The van der Waals surface area contributed by atoms with E-state index in [2.05, 4.69) is 15.5 Å². The molecule has 0 bridgehead atoms. The Hall–Kier alpha value is -2.17. The van der Waals surface area contributed by atoms with Crippen molar-refractivity contribution in [2.24, 2.45) is 0 Å². The number of aromatic nitrogens is 2. The molecule has 0 fully saturated rings. The molecule has 0 saturated heterocycles. The van der Waals surface area contributed by atoms with Crippen LogP contribution in [0.3, 0.4) is 0 Å². The first-order valence-electron chi connectivity index (χ1n) is 5.15. The molecule has 0 unspecified atom stereocenters. The number of carbonyl (C=O) groups excluding carboxylic acids is 1. The maximum atomic E-state index is 13.5. The second-order valence-electron chi connectivity index (χ2n) is 3.87. The van der Waals surface area contributed by atoms with Crippen LogP contribution >= 0.6 is 0 Å². The molecule has 0 saturated carbocycles. The third-order valence-electron chi connectivity index (χ3n) is 2.43. The van der Waals surface area contributed by atoms with Gasteiger partial charge in [0, 0.05) is 5.56 Å². The van der Waals surface area contributed by atoms with Gasteiger partial charge in [0.25, 0.3) is 5.91 Å². The largest absolute Gasteiger partial charge is 0.307 e. The van der Waals surface area contributed by atoms with Gasteiger partial charge in [-0.2, -0.15) is 5.10 Å². The van der Waals surface area contributed by atoms with Crippen molar-refractivity contribution in [1.29, 1.82) is 0 Å². The van der Waals surface area contributed by atoms with E-state index in [1.165, 1.54) is 12.1 Å². The number of aromatic amines is 1. The average Bonchev–Trinajstić information content (AvgIpc) is 2.68. The van der Waals surface area contributed by atoms with Crippen molar-refractivity contribution >= 4 is 11.7 Å². The fourth-order valence-corrected chi connectivity index (χ4v) is 1.47. The topological polar surface area (TPSA) is 57.8 Å². The highest BCUT2D eigenvalue weighted by molar-refractivity contribution is 6.04. The molecule has 1 aromatic carbocycles. The molecule has 0 spiro atoms. The Morgan fingerprint density at radius 1 is 1.41 bits per heavy atom. The van der Waals surface area contributed by atoms with Crippen molar-refractivity contribution in [3.05, 3.63) is 46.9 Å². The molecule has 0 aliphatic carbocycles. The zero-order chi connectivity index (χ0) is 12.4. The predicted molar refractivity (Wildman–Crippen MR) is 62.4 cm³/mol. The van der Waals surface area contributed by atoms with Gasteiger partial charge >= 0.3 is 0 Å². The minimum atomic E-state index is -0.537. The molecule has 0 aliphatic heterocycles. The SMILES string of the molecule is Cc1ccc(F)c(C(=O)Nc2[nH]ncc2C)c1. The summed E-state index contributed by atoms with van der Waals surface area (Å²) in [5.41, 5.74) is 1.66. The van der Waals surface area contributed by atoms with Crippen molar-refractivity contribution in [3.8, 4) is 0 Å². The number of halogens is 1. The Bertz CT molecular complexity index is 563. The van der Waals surface area contributed by atoms with E-state index < -0.39 is 11.7 Å². The lowest BCUT2D eigenvalue weighted by atomic mass is 10.1. The molecular weight excluding hydrogens is 221 g/mol. The number of hydrogen-bond donors (Lipinski definition) is 2. The summed E-state index contributed by atoms with van der Waals surface area (Å²) < 4.78 is 13.5. The Morgan fingerprint density at radius 2 is 2.18 bits per heavy atom. The number of anilines is 1. The van der Waals surface area contributed by atoms with Crippen LogP contribution in [-0.2, 0) is 0 Å².